The minimum Gasteiger partial charge on any atom is -0.467 e. The van der Waals surface area contributed by atoms with E-state index in [0.717, 1.165) is 17.0 Å². The number of ether oxygens (including phenoxy) is 1. The largest absolute Gasteiger partial charge is 0.467 e. The van der Waals surface area contributed by atoms with E-state index in [1.54, 1.807) is 23.4 Å². The Morgan fingerprint density at radius 2 is 2.04 bits per heavy atom. The van der Waals surface area contributed by atoms with Crippen molar-refractivity contribution in [3.63, 3.8) is 0 Å². The van der Waals surface area contributed by atoms with Crippen LogP contribution in [-0.4, -0.2) is 46.6 Å². The number of esters is 1. The number of fused-ring (bicyclic) bond motifs is 1. The first-order valence-corrected chi connectivity index (χ1v) is 9.22. The van der Waals surface area contributed by atoms with E-state index in [1.165, 1.54) is 7.11 Å². The van der Waals surface area contributed by atoms with E-state index in [0.29, 0.717) is 18.0 Å². The number of hydrogen-bond acceptors (Lipinski definition) is 4. The maximum absolute atomic E-state index is 13.1. The smallest absolute Gasteiger partial charge is 0.328 e. The molecule has 0 saturated carbocycles. The molecule has 0 saturated heterocycles. The number of carbonyl (C=O) groups excluding carboxylic acids is 2. The number of methoxy groups -OCH3 is 1. The third kappa shape index (κ3) is 3.93. The number of amides is 2. The Balaban J connectivity index is 1.91. The van der Waals surface area contributed by atoms with E-state index in [-0.39, 0.29) is 18.0 Å². The Bertz CT molecular complexity index is 819. The highest BCUT2D eigenvalue weighted by Gasteiger charge is 2.36. The van der Waals surface area contributed by atoms with Crippen LogP contribution in [-0.2, 0) is 16.0 Å². The molecule has 2 amide bonds. The molecule has 3 rings (SSSR count). The van der Waals surface area contributed by atoms with E-state index < -0.39 is 12.0 Å². The van der Waals surface area contributed by atoms with E-state index in [9.17, 15) is 9.59 Å². The summed E-state index contributed by atoms with van der Waals surface area (Å²) in [5, 5.41) is 3.44. The third-order valence-corrected chi connectivity index (χ3v) is 5.02. The number of aromatic amines is 1. The van der Waals surface area contributed by atoms with E-state index >= 15 is 0 Å². The monoisotopic (exact) mass is 390 g/mol. The van der Waals surface area contributed by atoms with Gasteiger partial charge in [0.15, 0.2) is 0 Å². The van der Waals surface area contributed by atoms with Crippen molar-refractivity contribution in [2.24, 2.45) is 5.92 Å². The zero-order valence-corrected chi connectivity index (χ0v) is 16.3. The van der Waals surface area contributed by atoms with Crippen LogP contribution < -0.4 is 5.32 Å². The Morgan fingerprint density at radius 1 is 1.33 bits per heavy atom. The van der Waals surface area contributed by atoms with Crippen LogP contribution in [0.2, 0.25) is 5.02 Å². The van der Waals surface area contributed by atoms with Gasteiger partial charge in [-0.15, -0.1) is 0 Å². The second kappa shape index (κ2) is 8.00. The molecule has 144 valence electrons. The molecule has 7 nitrogen and oxygen atoms in total. The minimum absolute atomic E-state index is 0.0962. The maximum atomic E-state index is 13.1. The molecule has 0 bridgehead atoms. The number of H-pyrrole nitrogens is 1. The molecule has 2 N–H and O–H groups in total. The number of halogens is 1. The molecular weight excluding hydrogens is 368 g/mol. The van der Waals surface area contributed by atoms with Crippen LogP contribution in [0.4, 0.5) is 4.79 Å². The van der Waals surface area contributed by atoms with Crippen molar-refractivity contribution in [1.82, 2.24) is 20.2 Å². The van der Waals surface area contributed by atoms with Gasteiger partial charge in [-0.25, -0.2) is 14.6 Å². The third-order valence-electron chi connectivity index (χ3n) is 4.77. The lowest BCUT2D eigenvalue weighted by atomic mass is 9.96. The number of rotatable bonds is 4. The van der Waals surface area contributed by atoms with Gasteiger partial charge in [-0.1, -0.05) is 37.6 Å². The highest BCUT2D eigenvalue weighted by molar-refractivity contribution is 6.30. The van der Waals surface area contributed by atoms with Gasteiger partial charge < -0.3 is 19.9 Å². The molecule has 0 radical (unpaired) electrons. The average molecular weight is 391 g/mol. The first-order chi connectivity index (χ1) is 12.9. The number of hydrogen-bond donors (Lipinski definition) is 2. The zero-order valence-electron chi connectivity index (χ0n) is 15.5. The SMILES string of the molecule is COC(=O)[C@H](NC(=O)N1CCc2[nH]cnc2[C@H]1c1ccc(Cl)cc1)C(C)C. The predicted molar refractivity (Wildman–Crippen MR) is 101 cm³/mol. The zero-order chi connectivity index (χ0) is 19.6. The van der Waals surface area contributed by atoms with Crippen molar-refractivity contribution in [3.05, 3.63) is 52.6 Å². The van der Waals surface area contributed by atoms with Crippen molar-refractivity contribution in [1.29, 1.82) is 0 Å². The molecular formula is C19H23ClN4O3. The number of urea groups is 1. The summed E-state index contributed by atoms with van der Waals surface area (Å²) in [6.07, 6.45) is 2.30. The lowest BCUT2D eigenvalue weighted by Crippen LogP contribution is -2.53. The fourth-order valence-electron chi connectivity index (χ4n) is 3.32. The maximum Gasteiger partial charge on any atom is 0.328 e. The molecule has 1 aromatic heterocycles. The van der Waals surface area contributed by atoms with Gasteiger partial charge in [-0.2, -0.15) is 0 Å². The summed E-state index contributed by atoms with van der Waals surface area (Å²) in [4.78, 5) is 34.4. The standard InChI is InChI=1S/C19H23ClN4O3/c1-11(2)15(18(25)27-3)23-19(26)24-9-8-14-16(22-10-21-14)17(24)12-4-6-13(20)7-5-12/h4-7,10-11,15,17H,8-9H2,1-3H3,(H,21,22)(H,23,26)/t15-,17-/m1/s1. The first kappa shape index (κ1) is 19.2. The highest BCUT2D eigenvalue weighted by atomic mass is 35.5. The van der Waals surface area contributed by atoms with Crippen molar-refractivity contribution < 1.29 is 14.3 Å². The normalized spacial score (nSPS) is 17.4. The van der Waals surface area contributed by atoms with Gasteiger partial charge in [0, 0.05) is 23.7 Å². The molecule has 2 atom stereocenters. The molecule has 8 heteroatoms. The van der Waals surface area contributed by atoms with Gasteiger partial charge >= 0.3 is 12.0 Å². The number of imidazole rings is 1. The number of nitrogens with zero attached hydrogens (tertiary/aromatic N) is 2. The summed E-state index contributed by atoms with van der Waals surface area (Å²) in [7, 11) is 1.32. The Hall–Kier alpha value is -2.54. The molecule has 2 heterocycles. The van der Waals surface area contributed by atoms with Crippen molar-refractivity contribution in [2.75, 3.05) is 13.7 Å². The van der Waals surface area contributed by atoms with E-state index in [2.05, 4.69) is 15.3 Å². The molecule has 0 spiro atoms. The molecule has 2 aromatic rings. The van der Waals surface area contributed by atoms with Crippen molar-refractivity contribution in [3.8, 4) is 0 Å². The van der Waals surface area contributed by atoms with Gasteiger partial charge in [0.25, 0.3) is 0 Å². The Kier molecular flexibility index (Phi) is 5.70. The van der Waals surface area contributed by atoms with Gasteiger partial charge in [0.1, 0.15) is 12.1 Å². The summed E-state index contributed by atoms with van der Waals surface area (Å²) >= 11 is 6.02. The van der Waals surface area contributed by atoms with Gasteiger partial charge in [-0.05, 0) is 23.6 Å². The van der Waals surface area contributed by atoms with Crippen LogP contribution in [0.1, 0.15) is 36.8 Å². The second-order valence-corrected chi connectivity index (χ2v) is 7.29. The molecule has 0 unspecified atom stereocenters. The average Bonchev–Trinajstić information content (AvgIpc) is 3.13. The lowest BCUT2D eigenvalue weighted by Gasteiger charge is -2.36. The molecule has 0 fully saturated rings. The van der Waals surface area contributed by atoms with Crippen LogP contribution in [0.25, 0.3) is 0 Å². The summed E-state index contributed by atoms with van der Waals surface area (Å²) in [6.45, 7) is 4.22. The van der Waals surface area contributed by atoms with Gasteiger partial charge in [0.05, 0.1) is 19.1 Å². The van der Waals surface area contributed by atoms with Crippen molar-refractivity contribution >= 4 is 23.6 Å². The predicted octanol–water partition coefficient (Wildman–Crippen LogP) is 2.92. The Labute approximate surface area is 163 Å². The lowest BCUT2D eigenvalue weighted by molar-refractivity contribution is -0.144. The molecule has 0 aliphatic carbocycles. The van der Waals surface area contributed by atoms with Gasteiger partial charge in [-0.3, -0.25) is 0 Å². The molecule has 1 aliphatic rings. The summed E-state index contributed by atoms with van der Waals surface area (Å²) in [5.41, 5.74) is 2.71. The van der Waals surface area contributed by atoms with E-state index in [4.69, 9.17) is 16.3 Å². The van der Waals surface area contributed by atoms with Crippen molar-refractivity contribution in [2.45, 2.75) is 32.4 Å². The summed E-state index contributed by atoms with van der Waals surface area (Å²) in [5.74, 6) is -0.556. The number of nitrogens with one attached hydrogen (secondary N) is 2. The molecule has 27 heavy (non-hydrogen) atoms. The van der Waals surface area contributed by atoms with Crippen LogP contribution in [0.15, 0.2) is 30.6 Å². The van der Waals surface area contributed by atoms with Gasteiger partial charge in [0.2, 0.25) is 0 Å². The Morgan fingerprint density at radius 3 is 2.67 bits per heavy atom. The first-order valence-electron chi connectivity index (χ1n) is 8.85. The topological polar surface area (TPSA) is 87.3 Å². The molecule has 1 aliphatic heterocycles. The van der Waals surface area contributed by atoms with E-state index in [1.807, 2.05) is 26.0 Å². The molecule has 1 aromatic carbocycles. The fourth-order valence-corrected chi connectivity index (χ4v) is 3.44. The summed E-state index contributed by atoms with van der Waals surface area (Å²) in [6, 6.07) is 5.96. The van der Waals surface area contributed by atoms with Crippen LogP contribution >= 0.6 is 11.6 Å². The number of aromatic nitrogens is 2. The second-order valence-electron chi connectivity index (χ2n) is 6.86. The minimum atomic E-state index is -0.714. The van der Waals surface area contributed by atoms with Crippen LogP contribution in [0.5, 0.6) is 0 Å². The van der Waals surface area contributed by atoms with Crippen LogP contribution in [0.3, 0.4) is 0 Å². The van der Waals surface area contributed by atoms with Crippen LogP contribution in [0, 0.1) is 5.92 Å². The summed E-state index contributed by atoms with van der Waals surface area (Å²) < 4.78 is 4.83. The fraction of sp³-hybridized carbons (Fsp3) is 0.421. The number of benzene rings is 1. The quantitative estimate of drug-likeness (QED) is 0.786. The number of carbonyl (C=O) groups is 2. The highest BCUT2D eigenvalue weighted by Crippen LogP contribution is 2.34.